The van der Waals surface area contributed by atoms with E-state index in [4.69, 9.17) is 22.7 Å². The monoisotopic (exact) mass is 277 g/mol. The molecule has 0 aliphatic carbocycles. The Morgan fingerprint density at radius 3 is 2.84 bits per heavy atom. The van der Waals surface area contributed by atoms with Gasteiger partial charge in [-0.15, -0.1) is 0 Å². The first-order valence-corrected chi connectivity index (χ1v) is 5.87. The van der Waals surface area contributed by atoms with E-state index in [1.807, 2.05) is 0 Å². The summed E-state index contributed by atoms with van der Waals surface area (Å²) < 4.78 is 18.2. The Kier molecular flexibility index (Phi) is 3.91. The number of halogens is 1. The van der Waals surface area contributed by atoms with Gasteiger partial charge < -0.3 is 15.8 Å². The molecule has 0 bridgehead atoms. The van der Waals surface area contributed by atoms with Gasteiger partial charge in [0.1, 0.15) is 10.8 Å². The Bertz CT molecular complexity index is 619. The van der Waals surface area contributed by atoms with Crippen molar-refractivity contribution in [1.29, 1.82) is 0 Å². The van der Waals surface area contributed by atoms with Gasteiger partial charge in [-0.3, -0.25) is 0 Å². The van der Waals surface area contributed by atoms with Gasteiger partial charge in [0.05, 0.1) is 7.11 Å². The van der Waals surface area contributed by atoms with E-state index in [0.29, 0.717) is 22.1 Å². The van der Waals surface area contributed by atoms with Crippen molar-refractivity contribution in [2.24, 2.45) is 5.73 Å². The Morgan fingerprint density at radius 1 is 1.37 bits per heavy atom. The van der Waals surface area contributed by atoms with E-state index in [1.165, 1.54) is 13.2 Å². The molecule has 0 aliphatic heterocycles. The summed E-state index contributed by atoms with van der Waals surface area (Å²) in [5, 5.41) is 3.03. The number of nitrogens with two attached hydrogens (primary N) is 1. The molecule has 0 fully saturated rings. The van der Waals surface area contributed by atoms with Gasteiger partial charge in [-0.2, -0.15) is 0 Å². The summed E-state index contributed by atoms with van der Waals surface area (Å²) in [4.78, 5) is 4.43. The van der Waals surface area contributed by atoms with Gasteiger partial charge in [-0.25, -0.2) is 9.37 Å². The molecule has 6 heteroatoms. The first-order valence-electron chi connectivity index (χ1n) is 5.46. The zero-order valence-corrected chi connectivity index (χ0v) is 11.0. The minimum absolute atomic E-state index is 0.163. The minimum atomic E-state index is -0.419. The molecule has 1 aromatic carbocycles. The molecule has 0 saturated carbocycles. The molecular formula is C13H12FN3OS. The van der Waals surface area contributed by atoms with E-state index in [9.17, 15) is 4.39 Å². The number of hydrogen-bond donors (Lipinski definition) is 2. The second kappa shape index (κ2) is 5.62. The Morgan fingerprint density at radius 2 is 2.16 bits per heavy atom. The van der Waals surface area contributed by atoms with Crippen LogP contribution in [0.3, 0.4) is 0 Å². The van der Waals surface area contributed by atoms with E-state index in [-0.39, 0.29) is 5.75 Å². The number of benzene rings is 1. The number of nitrogens with zero attached hydrogens (tertiary/aromatic N) is 1. The summed E-state index contributed by atoms with van der Waals surface area (Å²) in [6.45, 7) is 0. The van der Waals surface area contributed by atoms with Gasteiger partial charge >= 0.3 is 0 Å². The van der Waals surface area contributed by atoms with E-state index >= 15 is 0 Å². The lowest BCUT2D eigenvalue weighted by molar-refractivity contribution is 0.387. The average molecular weight is 277 g/mol. The van der Waals surface area contributed by atoms with Gasteiger partial charge in [-0.05, 0) is 24.3 Å². The highest BCUT2D eigenvalue weighted by Gasteiger charge is 2.05. The molecule has 0 unspecified atom stereocenters. The third-order valence-corrected chi connectivity index (χ3v) is 2.70. The number of hydrogen-bond acceptors (Lipinski definition) is 4. The van der Waals surface area contributed by atoms with Crippen molar-refractivity contribution in [3.63, 3.8) is 0 Å². The van der Waals surface area contributed by atoms with Gasteiger partial charge in [0.25, 0.3) is 0 Å². The largest absolute Gasteiger partial charge is 0.494 e. The molecule has 98 valence electrons. The van der Waals surface area contributed by atoms with Crippen molar-refractivity contribution in [2.45, 2.75) is 0 Å². The minimum Gasteiger partial charge on any atom is -0.494 e. The normalized spacial score (nSPS) is 10.0. The lowest BCUT2D eigenvalue weighted by Crippen LogP contribution is -2.09. The van der Waals surface area contributed by atoms with Crippen LogP contribution in [0.15, 0.2) is 36.5 Å². The van der Waals surface area contributed by atoms with Crippen LogP contribution in [0.4, 0.5) is 15.9 Å². The van der Waals surface area contributed by atoms with Gasteiger partial charge in [-0.1, -0.05) is 12.2 Å². The molecule has 0 atom stereocenters. The van der Waals surface area contributed by atoms with E-state index < -0.39 is 5.82 Å². The molecule has 0 radical (unpaired) electrons. The maximum atomic E-state index is 13.3. The van der Waals surface area contributed by atoms with Crippen molar-refractivity contribution >= 4 is 28.7 Å². The molecule has 2 aromatic rings. The zero-order chi connectivity index (χ0) is 13.8. The van der Waals surface area contributed by atoms with E-state index in [2.05, 4.69) is 10.3 Å². The molecule has 4 nitrogen and oxygen atoms in total. The topological polar surface area (TPSA) is 60.2 Å². The molecule has 3 N–H and O–H groups in total. The lowest BCUT2D eigenvalue weighted by atomic mass is 10.2. The van der Waals surface area contributed by atoms with E-state index in [0.717, 1.165) is 0 Å². The summed E-state index contributed by atoms with van der Waals surface area (Å²) in [6.07, 6.45) is 1.59. The lowest BCUT2D eigenvalue weighted by Gasteiger charge is -2.09. The van der Waals surface area contributed by atoms with Crippen molar-refractivity contribution in [1.82, 2.24) is 4.98 Å². The van der Waals surface area contributed by atoms with Gasteiger partial charge in [0.2, 0.25) is 0 Å². The van der Waals surface area contributed by atoms with Crippen molar-refractivity contribution < 1.29 is 9.13 Å². The standard InChI is InChI=1S/C13H12FN3OS/c1-18-11-7-9(2-3-10(11)14)17-12-6-8(13(15)19)4-5-16-12/h2-7H,1H3,(H2,15,19)(H,16,17). The number of thiocarbonyl (C=S) groups is 1. The summed E-state index contributed by atoms with van der Waals surface area (Å²) in [5.74, 6) is 0.312. The second-order valence-corrected chi connectivity index (χ2v) is 4.21. The highest BCUT2D eigenvalue weighted by molar-refractivity contribution is 7.80. The van der Waals surface area contributed by atoms with Crippen molar-refractivity contribution in [2.75, 3.05) is 12.4 Å². The predicted molar refractivity (Wildman–Crippen MR) is 76.4 cm³/mol. The molecule has 0 aliphatic rings. The number of pyridine rings is 1. The molecule has 2 rings (SSSR count). The van der Waals surface area contributed by atoms with Gasteiger partial charge in [0, 0.05) is 23.5 Å². The molecule has 1 aromatic heterocycles. The summed E-state index contributed by atoms with van der Waals surface area (Å²) in [6, 6.07) is 7.90. The Labute approximate surface area is 115 Å². The van der Waals surface area contributed by atoms with Crippen LogP contribution in [0.5, 0.6) is 5.75 Å². The SMILES string of the molecule is COc1cc(Nc2cc(C(N)=S)ccn2)ccc1F. The average Bonchev–Trinajstić information content (AvgIpc) is 2.41. The quantitative estimate of drug-likeness (QED) is 0.841. The van der Waals surface area contributed by atoms with E-state index in [1.54, 1.807) is 30.5 Å². The van der Waals surface area contributed by atoms with Gasteiger partial charge in [0.15, 0.2) is 11.6 Å². The fourth-order valence-electron chi connectivity index (χ4n) is 1.54. The second-order valence-electron chi connectivity index (χ2n) is 3.77. The number of rotatable bonds is 4. The van der Waals surface area contributed by atoms with Crippen LogP contribution in [-0.4, -0.2) is 17.1 Å². The highest BCUT2D eigenvalue weighted by atomic mass is 32.1. The maximum Gasteiger partial charge on any atom is 0.165 e. The third-order valence-electron chi connectivity index (χ3n) is 2.47. The summed E-state index contributed by atoms with van der Waals surface area (Å²) in [5.41, 5.74) is 6.92. The van der Waals surface area contributed by atoms with Crippen molar-refractivity contribution in [3.8, 4) is 5.75 Å². The van der Waals surface area contributed by atoms with Crippen molar-refractivity contribution in [3.05, 3.63) is 47.9 Å². The third kappa shape index (κ3) is 3.17. The first-order chi connectivity index (χ1) is 9.10. The molecule has 19 heavy (non-hydrogen) atoms. The highest BCUT2D eigenvalue weighted by Crippen LogP contribution is 2.23. The molecule has 0 saturated heterocycles. The molecule has 1 heterocycles. The molecular weight excluding hydrogens is 265 g/mol. The maximum absolute atomic E-state index is 13.3. The van der Waals surface area contributed by atoms with Crippen LogP contribution in [0, 0.1) is 5.82 Å². The number of aromatic nitrogens is 1. The smallest absolute Gasteiger partial charge is 0.165 e. The number of anilines is 2. The summed E-state index contributed by atoms with van der Waals surface area (Å²) in [7, 11) is 1.41. The Hall–Kier alpha value is -2.21. The Balaban J connectivity index is 2.26. The van der Waals surface area contributed by atoms with Crippen LogP contribution in [-0.2, 0) is 0 Å². The molecule has 0 amide bonds. The number of ether oxygens (including phenoxy) is 1. The zero-order valence-electron chi connectivity index (χ0n) is 10.2. The van der Waals surface area contributed by atoms with Crippen LogP contribution >= 0.6 is 12.2 Å². The number of nitrogens with one attached hydrogen (secondary N) is 1. The van der Waals surface area contributed by atoms with Crippen LogP contribution in [0.2, 0.25) is 0 Å². The van der Waals surface area contributed by atoms with Crippen LogP contribution in [0.25, 0.3) is 0 Å². The number of methoxy groups -OCH3 is 1. The van der Waals surface area contributed by atoms with Crippen LogP contribution in [0.1, 0.15) is 5.56 Å². The predicted octanol–water partition coefficient (Wildman–Crippen LogP) is 2.61. The fraction of sp³-hybridized carbons (Fsp3) is 0.0769. The molecule has 0 spiro atoms. The fourth-order valence-corrected chi connectivity index (χ4v) is 1.66. The summed E-state index contributed by atoms with van der Waals surface area (Å²) >= 11 is 4.90. The first kappa shape index (κ1) is 13.2. The van der Waals surface area contributed by atoms with Crippen LogP contribution < -0.4 is 15.8 Å².